The lowest BCUT2D eigenvalue weighted by Gasteiger charge is -2.30. The predicted molar refractivity (Wildman–Crippen MR) is 50.7 cm³/mol. The molecule has 1 amide bonds. The van der Waals surface area contributed by atoms with E-state index in [1.54, 1.807) is 14.0 Å². The molecule has 2 rings (SSSR count). The molecule has 1 aliphatic rings. The number of nitrogens with zero attached hydrogens (tertiary/aromatic N) is 4. The second-order valence-corrected chi connectivity index (χ2v) is 3.62. The van der Waals surface area contributed by atoms with E-state index < -0.39 is 5.54 Å². The van der Waals surface area contributed by atoms with Gasteiger partial charge in [-0.1, -0.05) is 0 Å². The summed E-state index contributed by atoms with van der Waals surface area (Å²) in [6.45, 7) is 1.73. The van der Waals surface area contributed by atoms with Crippen LogP contribution in [0.2, 0.25) is 0 Å². The van der Waals surface area contributed by atoms with Crippen molar-refractivity contribution in [2.45, 2.75) is 18.9 Å². The highest BCUT2D eigenvalue weighted by Crippen LogP contribution is 2.30. The highest BCUT2D eigenvalue weighted by molar-refractivity contribution is 5.98. The number of aromatic nitrogens is 2. The van der Waals surface area contributed by atoms with Gasteiger partial charge in [-0.05, 0) is 6.92 Å². The number of guanidine groups is 1. The summed E-state index contributed by atoms with van der Waals surface area (Å²) in [4.78, 5) is 17.1. The third-order valence-electron chi connectivity index (χ3n) is 2.40. The molecular formula is C8H11N5O2. The molecule has 1 aliphatic heterocycles. The van der Waals surface area contributed by atoms with Gasteiger partial charge in [-0.25, -0.2) is 4.99 Å². The molecule has 0 fully saturated rings. The monoisotopic (exact) mass is 209 g/mol. The number of rotatable bonds is 1. The SMILES string of the molecule is CN1C(=O)C[C@@](C)(c2nnco2)N=C1N. The Morgan fingerprint density at radius 3 is 2.93 bits per heavy atom. The van der Waals surface area contributed by atoms with E-state index in [1.165, 1.54) is 11.3 Å². The Morgan fingerprint density at radius 1 is 1.67 bits per heavy atom. The molecule has 0 aliphatic carbocycles. The average molecular weight is 209 g/mol. The molecule has 1 aromatic rings. The zero-order valence-corrected chi connectivity index (χ0v) is 8.47. The van der Waals surface area contributed by atoms with Gasteiger partial charge >= 0.3 is 0 Å². The van der Waals surface area contributed by atoms with Crippen LogP contribution in [0.3, 0.4) is 0 Å². The fourth-order valence-electron chi connectivity index (χ4n) is 1.44. The predicted octanol–water partition coefficient (Wildman–Crippen LogP) is -0.538. The Kier molecular flexibility index (Phi) is 1.95. The molecule has 80 valence electrons. The molecule has 0 unspecified atom stereocenters. The first kappa shape index (κ1) is 9.63. The van der Waals surface area contributed by atoms with Crippen molar-refractivity contribution in [3.63, 3.8) is 0 Å². The Bertz CT molecular complexity index is 413. The normalized spacial score (nSPS) is 26.7. The quantitative estimate of drug-likeness (QED) is 0.670. The smallest absolute Gasteiger partial charge is 0.244 e. The summed E-state index contributed by atoms with van der Waals surface area (Å²) in [5, 5.41) is 7.32. The molecule has 0 spiro atoms. The number of nitrogens with two attached hydrogens (primary N) is 1. The summed E-state index contributed by atoms with van der Waals surface area (Å²) in [7, 11) is 1.58. The van der Waals surface area contributed by atoms with Crippen LogP contribution in [-0.2, 0) is 10.3 Å². The molecule has 0 saturated heterocycles. The largest absolute Gasteiger partial charge is 0.425 e. The van der Waals surface area contributed by atoms with E-state index in [0.29, 0.717) is 5.89 Å². The molecular weight excluding hydrogens is 198 g/mol. The van der Waals surface area contributed by atoms with Gasteiger partial charge in [0.05, 0.1) is 6.42 Å². The topological polar surface area (TPSA) is 97.6 Å². The van der Waals surface area contributed by atoms with Crippen LogP contribution in [-0.4, -0.2) is 34.0 Å². The zero-order valence-electron chi connectivity index (χ0n) is 8.47. The van der Waals surface area contributed by atoms with Crippen molar-refractivity contribution in [2.75, 3.05) is 7.05 Å². The van der Waals surface area contributed by atoms with Crippen LogP contribution >= 0.6 is 0 Å². The van der Waals surface area contributed by atoms with Gasteiger partial charge in [0.1, 0.15) is 5.54 Å². The molecule has 0 saturated carbocycles. The van der Waals surface area contributed by atoms with Gasteiger partial charge in [-0.3, -0.25) is 9.69 Å². The summed E-state index contributed by atoms with van der Waals surface area (Å²) in [5.74, 6) is 0.335. The Morgan fingerprint density at radius 2 is 2.40 bits per heavy atom. The minimum absolute atomic E-state index is 0.122. The van der Waals surface area contributed by atoms with Gasteiger partial charge in [-0.15, -0.1) is 10.2 Å². The second kappa shape index (κ2) is 3.04. The summed E-state index contributed by atoms with van der Waals surface area (Å²) < 4.78 is 5.05. The van der Waals surface area contributed by atoms with Crippen LogP contribution in [0.1, 0.15) is 19.2 Å². The molecule has 1 aromatic heterocycles. The van der Waals surface area contributed by atoms with Crippen molar-refractivity contribution in [3.05, 3.63) is 12.3 Å². The first-order valence-corrected chi connectivity index (χ1v) is 4.41. The van der Waals surface area contributed by atoms with Crippen LogP contribution in [0, 0.1) is 0 Å². The number of aliphatic imine (C=N–C) groups is 1. The van der Waals surface area contributed by atoms with Crippen molar-refractivity contribution in [2.24, 2.45) is 10.7 Å². The van der Waals surface area contributed by atoms with Gasteiger partial charge in [-0.2, -0.15) is 0 Å². The summed E-state index contributed by atoms with van der Waals surface area (Å²) >= 11 is 0. The molecule has 0 bridgehead atoms. The third-order valence-corrected chi connectivity index (χ3v) is 2.40. The Hall–Kier alpha value is -1.92. The van der Waals surface area contributed by atoms with E-state index in [2.05, 4.69) is 15.2 Å². The van der Waals surface area contributed by atoms with E-state index in [4.69, 9.17) is 10.2 Å². The van der Waals surface area contributed by atoms with Crippen molar-refractivity contribution in [3.8, 4) is 0 Å². The Labute approximate surface area is 86.0 Å². The van der Waals surface area contributed by atoms with Gasteiger partial charge in [0.2, 0.25) is 18.2 Å². The minimum Gasteiger partial charge on any atom is -0.425 e. The zero-order chi connectivity index (χ0) is 11.1. The van der Waals surface area contributed by atoms with E-state index in [-0.39, 0.29) is 18.3 Å². The van der Waals surface area contributed by atoms with E-state index in [0.717, 1.165) is 0 Å². The van der Waals surface area contributed by atoms with Crippen molar-refractivity contribution in [1.29, 1.82) is 0 Å². The van der Waals surface area contributed by atoms with Crippen molar-refractivity contribution < 1.29 is 9.21 Å². The van der Waals surface area contributed by atoms with E-state index >= 15 is 0 Å². The van der Waals surface area contributed by atoms with Gasteiger partial charge < -0.3 is 10.2 Å². The number of carbonyl (C=O) groups excluding carboxylic acids is 1. The fraction of sp³-hybridized carbons (Fsp3) is 0.500. The summed E-state index contributed by atoms with van der Waals surface area (Å²) in [6, 6.07) is 0. The van der Waals surface area contributed by atoms with Crippen molar-refractivity contribution >= 4 is 11.9 Å². The second-order valence-electron chi connectivity index (χ2n) is 3.62. The standard InChI is InChI=1S/C8H11N5O2/c1-8(6-12-10-4-15-6)3-5(14)13(2)7(9)11-8/h4H,3H2,1-2H3,(H2,9,11)/t8-/m0/s1. The van der Waals surface area contributed by atoms with Crippen LogP contribution in [0.5, 0.6) is 0 Å². The van der Waals surface area contributed by atoms with Gasteiger partial charge in [0.15, 0.2) is 5.96 Å². The van der Waals surface area contributed by atoms with Crippen LogP contribution < -0.4 is 5.73 Å². The van der Waals surface area contributed by atoms with Gasteiger partial charge in [0, 0.05) is 7.05 Å². The number of hydrogen-bond donors (Lipinski definition) is 1. The first-order chi connectivity index (χ1) is 7.03. The lowest BCUT2D eigenvalue weighted by molar-refractivity contribution is -0.128. The minimum atomic E-state index is -0.843. The maximum atomic E-state index is 11.6. The van der Waals surface area contributed by atoms with Gasteiger partial charge in [0.25, 0.3) is 0 Å². The van der Waals surface area contributed by atoms with Crippen LogP contribution in [0.15, 0.2) is 15.8 Å². The summed E-state index contributed by atoms with van der Waals surface area (Å²) in [5.41, 5.74) is 4.77. The van der Waals surface area contributed by atoms with E-state index in [9.17, 15) is 4.79 Å². The van der Waals surface area contributed by atoms with Crippen molar-refractivity contribution in [1.82, 2.24) is 15.1 Å². The number of carbonyl (C=O) groups is 1. The summed E-state index contributed by atoms with van der Waals surface area (Å²) in [6.07, 6.45) is 1.38. The number of amides is 1. The Balaban J connectivity index is 2.43. The molecule has 15 heavy (non-hydrogen) atoms. The molecule has 0 radical (unpaired) electrons. The maximum Gasteiger partial charge on any atom is 0.244 e. The third kappa shape index (κ3) is 1.45. The average Bonchev–Trinajstić information content (AvgIpc) is 2.67. The molecule has 7 nitrogen and oxygen atoms in total. The molecule has 0 aromatic carbocycles. The fourth-order valence-corrected chi connectivity index (χ4v) is 1.44. The van der Waals surface area contributed by atoms with Crippen LogP contribution in [0.4, 0.5) is 0 Å². The molecule has 1 atom stereocenters. The van der Waals surface area contributed by atoms with Crippen LogP contribution in [0.25, 0.3) is 0 Å². The molecule has 2 heterocycles. The van der Waals surface area contributed by atoms with E-state index in [1.807, 2.05) is 0 Å². The molecule has 2 N–H and O–H groups in total. The highest BCUT2D eigenvalue weighted by Gasteiger charge is 2.39. The highest BCUT2D eigenvalue weighted by atomic mass is 16.4. The first-order valence-electron chi connectivity index (χ1n) is 4.41. The maximum absolute atomic E-state index is 11.6. The lowest BCUT2D eigenvalue weighted by Crippen LogP contribution is -2.47. The molecule has 7 heteroatoms. The number of hydrogen-bond acceptors (Lipinski definition) is 6. The lowest BCUT2D eigenvalue weighted by atomic mass is 9.96.